The highest BCUT2D eigenvalue weighted by Crippen LogP contribution is 2.19. The zero-order chi connectivity index (χ0) is 13.3. The monoisotopic (exact) mass is 269 g/mol. The summed E-state index contributed by atoms with van der Waals surface area (Å²) in [5.41, 5.74) is 0.604. The predicted molar refractivity (Wildman–Crippen MR) is 66.4 cm³/mol. The van der Waals surface area contributed by atoms with Gasteiger partial charge in [0, 0.05) is 5.41 Å². The van der Waals surface area contributed by atoms with E-state index in [1.165, 1.54) is 0 Å². The lowest BCUT2D eigenvalue weighted by Crippen LogP contribution is -2.13. The van der Waals surface area contributed by atoms with Crippen molar-refractivity contribution in [2.45, 2.75) is 45.0 Å². The second-order valence-corrected chi connectivity index (χ2v) is 5.87. The Hall–Kier alpha value is -1.43. The first-order chi connectivity index (χ1) is 8.36. The summed E-state index contributed by atoms with van der Waals surface area (Å²) in [6, 6.07) is 0. The van der Waals surface area contributed by atoms with E-state index in [-0.39, 0.29) is 10.8 Å². The van der Waals surface area contributed by atoms with Gasteiger partial charge in [-0.05, 0) is 6.92 Å². The molecule has 2 heterocycles. The largest absolute Gasteiger partial charge is 0.337 e. The number of alkyl halides is 1. The third-order valence-electron chi connectivity index (χ3n) is 2.40. The molecule has 18 heavy (non-hydrogen) atoms. The molecular formula is C11H16ClN5O. The zero-order valence-corrected chi connectivity index (χ0v) is 11.6. The van der Waals surface area contributed by atoms with E-state index in [4.69, 9.17) is 16.1 Å². The molecular weight excluding hydrogens is 254 g/mol. The molecule has 1 atom stereocenters. The molecule has 0 aliphatic heterocycles. The maximum Gasteiger partial charge on any atom is 0.248 e. The summed E-state index contributed by atoms with van der Waals surface area (Å²) in [6.07, 6.45) is 1.78. The fraction of sp³-hybridized carbons (Fsp3) is 0.636. The van der Waals surface area contributed by atoms with Crippen molar-refractivity contribution in [2.24, 2.45) is 0 Å². The first kappa shape index (κ1) is 13.0. The Balaban J connectivity index is 2.11. The summed E-state index contributed by atoms with van der Waals surface area (Å²) in [7, 11) is 0. The SMILES string of the molecule is CC(Cl)c1cn(Cc2nc(C(C)(C)C)no2)nn1. The van der Waals surface area contributed by atoms with Crippen LogP contribution in [0.1, 0.15) is 50.5 Å². The molecule has 2 rings (SSSR count). The van der Waals surface area contributed by atoms with Crippen LogP contribution in [0.4, 0.5) is 0 Å². The highest BCUT2D eigenvalue weighted by atomic mass is 35.5. The van der Waals surface area contributed by atoms with Crippen LogP contribution in [0.15, 0.2) is 10.7 Å². The van der Waals surface area contributed by atoms with Crippen LogP contribution in [0.25, 0.3) is 0 Å². The van der Waals surface area contributed by atoms with Crippen LogP contribution >= 0.6 is 11.6 Å². The number of hydrogen-bond donors (Lipinski definition) is 0. The van der Waals surface area contributed by atoms with Crippen molar-refractivity contribution in [3.63, 3.8) is 0 Å². The Labute approximate surface area is 110 Å². The van der Waals surface area contributed by atoms with E-state index in [0.29, 0.717) is 18.3 Å². The third kappa shape index (κ3) is 2.87. The van der Waals surface area contributed by atoms with E-state index in [0.717, 1.165) is 5.69 Å². The van der Waals surface area contributed by atoms with Gasteiger partial charge in [-0.25, -0.2) is 4.68 Å². The molecule has 2 aromatic rings. The van der Waals surface area contributed by atoms with Crippen LogP contribution in [0.2, 0.25) is 0 Å². The van der Waals surface area contributed by atoms with Crippen molar-refractivity contribution < 1.29 is 4.52 Å². The molecule has 0 aromatic carbocycles. The van der Waals surface area contributed by atoms with Crippen LogP contribution in [0.5, 0.6) is 0 Å². The lowest BCUT2D eigenvalue weighted by Gasteiger charge is -2.10. The Kier molecular flexibility index (Phi) is 3.38. The number of aromatic nitrogens is 5. The number of hydrogen-bond acceptors (Lipinski definition) is 5. The van der Waals surface area contributed by atoms with E-state index < -0.39 is 0 Å². The van der Waals surface area contributed by atoms with Gasteiger partial charge in [0.1, 0.15) is 12.2 Å². The van der Waals surface area contributed by atoms with Crippen molar-refractivity contribution in [2.75, 3.05) is 0 Å². The first-order valence-electron chi connectivity index (χ1n) is 5.73. The smallest absolute Gasteiger partial charge is 0.248 e. The number of rotatable bonds is 3. The predicted octanol–water partition coefficient (Wildman–Crippen LogP) is 2.31. The molecule has 98 valence electrons. The van der Waals surface area contributed by atoms with Gasteiger partial charge in [0.2, 0.25) is 5.89 Å². The maximum absolute atomic E-state index is 5.92. The topological polar surface area (TPSA) is 69.6 Å². The molecule has 1 unspecified atom stereocenters. The second-order valence-electron chi connectivity index (χ2n) is 5.22. The molecule has 7 heteroatoms. The van der Waals surface area contributed by atoms with Crippen LogP contribution in [0, 0.1) is 0 Å². The molecule has 2 aromatic heterocycles. The molecule has 0 bridgehead atoms. The van der Waals surface area contributed by atoms with Gasteiger partial charge in [-0.1, -0.05) is 31.1 Å². The molecule has 0 N–H and O–H groups in total. The second kappa shape index (κ2) is 4.68. The van der Waals surface area contributed by atoms with Crippen LogP contribution in [0.3, 0.4) is 0 Å². The molecule has 0 amide bonds. The van der Waals surface area contributed by atoms with Crippen molar-refractivity contribution >= 4 is 11.6 Å². The Morgan fingerprint density at radius 3 is 2.67 bits per heavy atom. The molecule has 0 fully saturated rings. The van der Waals surface area contributed by atoms with Gasteiger partial charge in [-0.15, -0.1) is 16.7 Å². The summed E-state index contributed by atoms with van der Waals surface area (Å²) >= 11 is 5.92. The van der Waals surface area contributed by atoms with Gasteiger partial charge in [-0.3, -0.25) is 0 Å². The minimum atomic E-state index is -0.161. The molecule has 0 aliphatic rings. The highest BCUT2D eigenvalue weighted by Gasteiger charge is 2.21. The highest BCUT2D eigenvalue weighted by molar-refractivity contribution is 6.20. The fourth-order valence-corrected chi connectivity index (χ4v) is 1.44. The summed E-state index contributed by atoms with van der Waals surface area (Å²) in [6.45, 7) is 8.35. The normalized spacial score (nSPS) is 13.8. The summed E-state index contributed by atoms with van der Waals surface area (Å²) in [5, 5.41) is 11.7. The van der Waals surface area contributed by atoms with E-state index in [9.17, 15) is 0 Å². The van der Waals surface area contributed by atoms with Gasteiger partial charge in [0.25, 0.3) is 0 Å². The molecule has 0 saturated carbocycles. The van der Waals surface area contributed by atoms with Crippen LogP contribution in [-0.2, 0) is 12.0 Å². The van der Waals surface area contributed by atoms with Crippen LogP contribution < -0.4 is 0 Å². The molecule has 6 nitrogen and oxygen atoms in total. The van der Waals surface area contributed by atoms with Crippen molar-refractivity contribution in [1.29, 1.82) is 0 Å². The standard InChI is InChI=1S/C11H16ClN5O/c1-7(12)8-5-17(16-14-8)6-9-13-10(15-18-9)11(2,3)4/h5,7H,6H2,1-4H3. The lowest BCUT2D eigenvalue weighted by molar-refractivity contribution is 0.352. The minimum Gasteiger partial charge on any atom is -0.337 e. The van der Waals surface area contributed by atoms with E-state index in [2.05, 4.69) is 20.5 Å². The average Bonchev–Trinajstić information content (AvgIpc) is 2.85. The van der Waals surface area contributed by atoms with Crippen LogP contribution in [-0.4, -0.2) is 25.1 Å². The Morgan fingerprint density at radius 2 is 2.17 bits per heavy atom. The lowest BCUT2D eigenvalue weighted by atomic mass is 9.96. The van der Waals surface area contributed by atoms with E-state index in [1.807, 2.05) is 27.7 Å². The first-order valence-corrected chi connectivity index (χ1v) is 6.17. The Bertz CT molecular complexity index is 526. The third-order valence-corrected chi connectivity index (χ3v) is 2.62. The molecule has 0 saturated heterocycles. The summed E-state index contributed by atoms with van der Waals surface area (Å²) in [4.78, 5) is 4.33. The van der Waals surface area contributed by atoms with E-state index >= 15 is 0 Å². The number of halogens is 1. The van der Waals surface area contributed by atoms with Gasteiger partial charge >= 0.3 is 0 Å². The van der Waals surface area contributed by atoms with Gasteiger partial charge < -0.3 is 4.52 Å². The summed E-state index contributed by atoms with van der Waals surface area (Å²) in [5.74, 6) is 1.20. The van der Waals surface area contributed by atoms with Crippen molar-refractivity contribution in [3.8, 4) is 0 Å². The fourth-order valence-electron chi connectivity index (χ4n) is 1.34. The van der Waals surface area contributed by atoms with Gasteiger partial charge in [0.05, 0.1) is 11.6 Å². The molecule has 0 aliphatic carbocycles. The quantitative estimate of drug-likeness (QED) is 0.800. The number of nitrogens with zero attached hydrogens (tertiary/aromatic N) is 5. The van der Waals surface area contributed by atoms with Crippen molar-refractivity contribution in [1.82, 2.24) is 25.1 Å². The van der Waals surface area contributed by atoms with Gasteiger partial charge in [0.15, 0.2) is 5.82 Å². The molecule has 0 radical (unpaired) electrons. The van der Waals surface area contributed by atoms with Gasteiger partial charge in [-0.2, -0.15) is 4.98 Å². The Morgan fingerprint density at radius 1 is 1.44 bits per heavy atom. The minimum absolute atomic E-state index is 0.125. The molecule has 0 spiro atoms. The maximum atomic E-state index is 5.92. The zero-order valence-electron chi connectivity index (χ0n) is 10.9. The van der Waals surface area contributed by atoms with E-state index in [1.54, 1.807) is 10.9 Å². The summed E-state index contributed by atoms with van der Waals surface area (Å²) < 4.78 is 6.82. The average molecular weight is 270 g/mol. The van der Waals surface area contributed by atoms with Crippen molar-refractivity contribution in [3.05, 3.63) is 23.6 Å².